The van der Waals surface area contributed by atoms with Crippen molar-refractivity contribution in [2.75, 3.05) is 0 Å². The number of halogens is 2. The molecule has 2 nitrogen and oxygen atoms in total. The molecule has 1 aromatic heterocycles. The van der Waals surface area contributed by atoms with Crippen molar-refractivity contribution < 1.29 is 0 Å². The number of imidazole rings is 1. The molecule has 1 aliphatic carbocycles. The molecule has 4 heteroatoms. The Morgan fingerprint density at radius 1 is 0.917 bits per heavy atom. The van der Waals surface area contributed by atoms with Crippen molar-refractivity contribution in [1.82, 2.24) is 9.55 Å². The van der Waals surface area contributed by atoms with Gasteiger partial charge in [-0.1, -0.05) is 48.0 Å². The lowest BCUT2D eigenvalue weighted by Crippen LogP contribution is -2.17. The maximum atomic E-state index is 6.48. The zero-order valence-corrected chi connectivity index (χ0v) is 14.8. The average Bonchev–Trinajstić information content (AvgIpc) is 3.04. The molecule has 0 amide bonds. The van der Waals surface area contributed by atoms with Crippen LogP contribution in [0.15, 0.2) is 54.9 Å². The second-order valence-electron chi connectivity index (χ2n) is 6.22. The highest BCUT2D eigenvalue weighted by Crippen LogP contribution is 2.38. The number of nitrogens with zero attached hydrogens (tertiary/aromatic N) is 2. The molecule has 0 bridgehead atoms. The minimum Gasteiger partial charge on any atom is -0.310 e. The molecule has 0 saturated heterocycles. The van der Waals surface area contributed by atoms with Gasteiger partial charge in [-0.15, -0.1) is 0 Å². The Labute approximate surface area is 152 Å². The van der Waals surface area contributed by atoms with E-state index < -0.39 is 0 Å². The van der Waals surface area contributed by atoms with Crippen LogP contribution in [0, 0.1) is 0 Å². The first-order valence-electron chi connectivity index (χ1n) is 8.29. The van der Waals surface area contributed by atoms with Crippen LogP contribution < -0.4 is 0 Å². The Bertz CT molecular complexity index is 855. The van der Waals surface area contributed by atoms with E-state index in [4.69, 9.17) is 23.2 Å². The second kappa shape index (κ2) is 6.62. The number of rotatable bonds is 3. The number of benzene rings is 2. The lowest BCUT2D eigenvalue weighted by molar-refractivity contribution is 0.636. The van der Waals surface area contributed by atoms with Crippen molar-refractivity contribution in [1.29, 1.82) is 0 Å². The molecule has 0 radical (unpaired) electrons. The summed E-state index contributed by atoms with van der Waals surface area (Å²) in [6.07, 6.45) is 8.24. The topological polar surface area (TPSA) is 17.8 Å². The van der Waals surface area contributed by atoms with Gasteiger partial charge in [0, 0.05) is 17.4 Å². The fourth-order valence-corrected chi connectivity index (χ4v) is 4.20. The lowest BCUT2D eigenvalue weighted by Gasteiger charge is -2.27. The highest BCUT2D eigenvalue weighted by atomic mass is 35.5. The van der Waals surface area contributed by atoms with Crippen molar-refractivity contribution in [3.8, 4) is 0 Å². The van der Waals surface area contributed by atoms with Gasteiger partial charge in [0.05, 0.1) is 6.04 Å². The maximum Gasteiger partial charge on any atom is 0.203 e. The van der Waals surface area contributed by atoms with Crippen molar-refractivity contribution in [2.24, 2.45) is 0 Å². The highest BCUT2D eigenvalue weighted by Gasteiger charge is 2.25. The monoisotopic (exact) mass is 356 g/mol. The molecule has 24 heavy (non-hydrogen) atoms. The van der Waals surface area contributed by atoms with E-state index in [1.165, 1.54) is 35.1 Å². The molecule has 0 saturated carbocycles. The number of hydrogen-bond acceptors (Lipinski definition) is 1. The molecule has 0 aliphatic heterocycles. The van der Waals surface area contributed by atoms with Crippen LogP contribution in [-0.2, 0) is 12.8 Å². The minimum atomic E-state index is 0.0188. The summed E-state index contributed by atoms with van der Waals surface area (Å²) in [5.74, 6) is 0. The summed E-state index contributed by atoms with van der Waals surface area (Å²) in [5, 5.41) is 1.39. The first-order chi connectivity index (χ1) is 11.8. The molecule has 1 aliphatic rings. The molecule has 2 aromatic carbocycles. The van der Waals surface area contributed by atoms with Gasteiger partial charge < -0.3 is 4.57 Å². The number of aromatic nitrogens is 2. The Hall–Kier alpha value is -1.77. The predicted molar refractivity (Wildman–Crippen MR) is 99.0 cm³/mol. The van der Waals surface area contributed by atoms with Crippen LogP contribution in [0.5, 0.6) is 0 Å². The Balaban J connectivity index is 1.94. The minimum absolute atomic E-state index is 0.0188. The summed E-state index contributed by atoms with van der Waals surface area (Å²) in [4.78, 5) is 4.22. The van der Waals surface area contributed by atoms with Gasteiger partial charge in [0.25, 0.3) is 0 Å². The number of hydrogen-bond donors (Lipinski definition) is 0. The van der Waals surface area contributed by atoms with Gasteiger partial charge in [0.15, 0.2) is 0 Å². The van der Waals surface area contributed by atoms with E-state index in [0.29, 0.717) is 5.28 Å². The first kappa shape index (κ1) is 15.7. The van der Waals surface area contributed by atoms with E-state index in [1.807, 2.05) is 22.9 Å². The van der Waals surface area contributed by atoms with Gasteiger partial charge in [0.2, 0.25) is 5.28 Å². The fraction of sp³-hybridized carbons (Fsp3) is 0.250. The third kappa shape index (κ3) is 2.74. The molecule has 0 N–H and O–H groups in total. The normalized spacial score (nSPS) is 15.1. The molecule has 4 rings (SSSR count). The van der Waals surface area contributed by atoms with E-state index >= 15 is 0 Å². The third-order valence-corrected chi connectivity index (χ3v) is 5.47. The summed E-state index contributed by atoms with van der Waals surface area (Å²) in [6, 6.07) is 14.7. The first-order valence-corrected chi connectivity index (χ1v) is 9.04. The van der Waals surface area contributed by atoms with Crippen LogP contribution in [0.3, 0.4) is 0 Å². The lowest BCUT2D eigenvalue weighted by atomic mass is 9.84. The fourth-order valence-electron chi connectivity index (χ4n) is 3.72. The van der Waals surface area contributed by atoms with Gasteiger partial charge in [-0.2, -0.15) is 0 Å². The van der Waals surface area contributed by atoms with Crippen molar-refractivity contribution in [3.63, 3.8) is 0 Å². The van der Waals surface area contributed by atoms with Crippen LogP contribution in [0.1, 0.15) is 41.1 Å². The SMILES string of the molecule is Clc1ccc(C(c2ccccc2)n2ccnc2Cl)c2c1CCCC2. The van der Waals surface area contributed by atoms with Gasteiger partial charge in [-0.3, -0.25) is 0 Å². The largest absolute Gasteiger partial charge is 0.310 e. The average molecular weight is 357 g/mol. The zero-order chi connectivity index (χ0) is 16.5. The Morgan fingerprint density at radius 2 is 1.67 bits per heavy atom. The molecular weight excluding hydrogens is 339 g/mol. The third-order valence-electron chi connectivity index (χ3n) is 4.82. The summed E-state index contributed by atoms with van der Waals surface area (Å²) in [5.41, 5.74) is 5.16. The van der Waals surface area contributed by atoms with Gasteiger partial charge in [0.1, 0.15) is 0 Å². The molecular formula is C20H18Cl2N2. The second-order valence-corrected chi connectivity index (χ2v) is 6.96. The highest BCUT2D eigenvalue weighted by molar-refractivity contribution is 6.31. The quantitative estimate of drug-likeness (QED) is 0.587. The molecule has 1 atom stereocenters. The van der Waals surface area contributed by atoms with E-state index in [9.17, 15) is 0 Å². The van der Waals surface area contributed by atoms with Gasteiger partial charge >= 0.3 is 0 Å². The van der Waals surface area contributed by atoms with E-state index in [-0.39, 0.29) is 6.04 Å². The van der Waals surface area contributed by atoms with Gasteiger partial charge in [-0.05, 0) is 65.6 Å². The van der Waals surface area contributed by atoms with Crippen LogP contribution >= 0.6 is 23.2 Å². The molecule has 3 aromatic rings. The summed E-state index contributed by atoms with van der Waals surface area (Å²) < 4.78 is 2.04. The summed E-state index contributed by atoms with van der Waals surface area (Å²) in [7, 11) is 0. The van der Waals surface area contributed by atoms with Crippen molar-refractivity contribution >= 4 is 23.2 Å². The van der Waals surface area contributed by atoms with Crippen molar-refractivity contribution in [2.45, 2.75) is 31.7 Å². The van der Waals surface area contributed by atoms with Gasteiger partial charge in [-0.25, -0.2) is 4.98 Å². The zero-order valence-electron chi connectivity index (χ0n) is 13.3. The van der Waals surface area contributed by atoms with E-state index in [1.54, 1.807) is 6.20 Å². The summed E-state index contributed by atoms with van der Waals surface area (Å²) in [6.45, 7) is 0. The standard InChI is InChI=1S/C20H18Cl2N2/c21-18-11-10-17(15-8-4-5-9-16(15)18)19(14-6-2-1-3-7-14)24-13-12-23-20(24)22/h1-3,6-7,10-13,19H,4-5,8-9H2. The molecule has 0 fully saturated rings. The Kier molecular flexibility index (Phi) is 4.34. The van der Waals surface area contributed by atoms with Crippen LogP contribution in [-0.4, -0.2) is 9.55 Å². The predicted octanol–water partition coefficient (Wildman–Crippen LogP) is 5.71. The van der Waals surface area contributed by atoms with Crippen LogP contribution in [0.25, 0.3) is 0 Å². The summed E-state index contributed by atoms with van der Waals surface area (Å²) >= 11 is 12.9. The van der Waals surface area contributed by atoms with Crippen LogP contribution in [0.4, 0.5) is 0 Å². The number of fused-ring (bicyclic) bond motifs is 1. The Morgan fingerprint density at radius 3 is 2.38 bits per heavy atom. The van der Waals surface area contributed by atoms with Crippen molar-refractivity contribution in [3.05, 3.63) is 87.4 Å². The molecule has 122 valence electrons. The molecule has 1 unspecified atom stereocenters. The molecule has 0 spiro atoms. The smallest absolute Gasteiger partial charge is 0.203 e. The maximum absolute atomic E-state index is 6.48. The van der Waals surface area contributed by atoms with Crippen LogP contribution in [0.2, 0.25) is 10.3 Å². The molecule has 1 heterocycles. The van der Waals surface area contributed by atoms with E-state index in [0.717, 1.165) is 17.9 Å². The van der Waals surface area contributed by atoms with E-state index in [2.05, 4.69) is 35.3 Å².